The lowest BCUT2D eigenvalue weighted by atomic mass is 10.2. The molecule has 1 amide bonds. The third-order valence-corrected chi connectivity index (χ3v) is 5.54. The van der Waals surface area contributed by atoms with E-state index in [1.165, 1.54) is 18.2 Å². The highest BCUT2D eigenvalue weighted by Crippen LogP contribution is 2.15. The molecule has 5 nitrogen and oxygen atoms in total. The summed E-state index contributed by atoms with van der Waals surface area (Å²) >= 11 is 0. The van der Waals surface area contributed by atoms with Crippen LogP contribution in [0.2, 0.25) is 25.7 Å². The molecule has 0 saturated heterocycles. The second kappa shape index (κ2) is 6.51. The van der Waals surface area contributed by atoms with Crippen LogP contribution in [0.3, 0.4) is 0 Å². The van der Waals surface area contributed by atoms with Crippen molar-refractivity contribution in [3.8, 4) is 0 Å². The van der Waals surface area contributed by atoms with Gasteiger partial charge in [0.05, 0.1) is 10.5 Å². The van der Waals surface area contributed by atoms with Crippen LogP contribution >= 0.6 is 0 Å². The third kappa shape index (κ3) is 5.44. The third-order valence-electron chi connectivity index (χ3n) is 2.79. The largest absolute Gasteiger partial charge is 0.744 e. The van der Waals surface area contributed by atoms with E-state index in [2.05, 4.69) is 25.0 Å². The first kappa shape index (κ1) is 16.9. The van der Waals surface area contributed by atoms with Crippen molar-refractivity contribution in [2.75, 3.05) is 6.54 Å². The van der Waals surface area contributed by atoms with Crippen LogP contribution in [0.1, 0.15) is 16.8 Å². The predicted octanol–water partition coefficient (Wildman–Crippen LogP) is 2.05. The van der Waals surface area contributed by atoms with Gasteiger partial charge in [-0.15, -0.1) is 0 Å². The molecule has 0 fully saturated rings. The molecule has 0 aromatic heterocycles. The SMILES string of the molecule is C[Si](C)(C)CCCNC(=O)c1ccccc1S(=O)(=O)[O-]. The Morgan fingerprint density at radius 2 is 1.85 bits per heavy atom. The Labute approximate surface area is 121 Å². The summed E-state index contributed by atoms with van der Waals surface area (Å²) < 4.78 is 33.3. The number of nitrogens with one attached hydrogen (secondary N) is 1. The minimum Gasteiger partial charge on any atom is -0.744 e. The highest BCUT2D eigenvalue weighted by Gasteiger charge is 2.16. The fraction of sp³-hybridized carbons (Fsp3) is 0.462. The molecule has 1 aromatic rings. The summed E-state index contributed by atoms with van der Waals surface area (Å²) in [5.41, 5.74) is -0.0875. The lowest BCUT2D eigenvalue weighted by Gasteiger charge is -2.16. The van der Waals surface area contributed by atoms with Gasteiger partial charge in [-0.05, 0) is 18.6 Å². The molecule has 0 unspecified atom stereocenters. The molecule has 1 rings (SSSR count). The van der Waals surface area contributed by atoms with Gasteiger partial charge in [-0.3, -0.25) is 4.79 Å². The normalized spacial score (nSPS) is 12.2. The van der Waals surface area contributed by atoms with E-state index in [0.29, 0.717) is 6.54 Å². The van der Waals surface area contributed by atoms with Gasteiger partial charge in [0.15, 0.2) is 0 Å². The number of amides is 1. The minimum absolute atomic E-state index is 0.0875. The molecule has 0 atom stereocenters. The minimum atomic E-state index is -4.64. The topological polar surface area (TPSA) is 86.3 Å². The van der Waals surface area contributed by atoms with Crippen LogP contribution in [0, 0.1) is 0 Å². The second-order valence-electron chi connectivity index (χ2n) is 5.87. The monoisotopic (exact) mass is 314 g/mol. The highest BCUT2D eigenvalue weighted by molar-refractivity contribution is 7.85. The van der Waals surface area contributed by atoms with Crippen molar-refractivity contribution in [1.29, 1.82) is 0 Å². The molecule has 0 heterocycles. The zero-order chi connectivity index (χ0) is 15.4. The number of rotatable bonds is 6. The molecule has 1 aromatic carbocycles. The number of carbonyl (C=O) groups is 1. The molecule has 0 saturated carbocycles. The van der Waals surface area contributed by atoms with Crippen molar-refractivity contribution in [2.24, 2.45) is 0 Å². The number of carbonyl (C=O) groups excluding carboxylic acids is 1. The van der Waals surface area contributed by atoms with Gasteiger partial charge in [0.2, 0.25) is 0 Å². The van der Waals surface area contributed by atoms with E-state index in [4.69, 9.17) is 0 Å². The summed E-state index contributed by atoms with van der Waals surface area (Å²) in [6.07, 6.45) is 0.855. The van der Waals surface area contributed by atoms with Crippen LogP contribution in [0.5, 0.6) is 0 Å². The molecule has 0 aliphatic carbocycles. The summed E-state index contributed by atoms with van der Waals surface area (Å²) in [4.78, 5) is 11.5. The predicted molar refractivity (Wildman–Crippen MR) is 79.5 cm³/mol. The molecule has 7 heteroatoms. The summed E-state index contributed by atoms with van der Waals surface area (Å²) in [6.45, 7) is 7.22. The average Bonchev–Trinajstić information content (AvgIpc) is 2.32. The van der Waals surface area contributed by atoms with Crippen molar-refractivity contribution in [3.05, 3.63) is 29.8 Å². The van der Waals surface area contributed by atoms with Gasteiger partial charge in [0.25, 0.3) is 5.91 Å². The van der Waals surface area contributed by atoms with Crippen LogP contribution in [0.15, 0.2) is 29.2 Å². The van der Waals surface area contributed by atoms with Gasteiger partial charge < -0.3 is 9.87 Å². The van der Waals surface area contributed by atoms with E-state index in [-0.39, 0.29) is 5.56 Å². The Morgan fingerprint density at radius 1 is 1.25 bits per heavy atom. The molecular weight excluding hydrogens is 294 g/mol. The Balaban J connectivity index is 2.70. The maximum atomic E-state index is 11.9. The lowest BCUT2D eigenvalue weighted by Crippen LogP contribution is -2.28. The quantitative estimate of drug-likeness (QED) is 0.494. The summed E-state index contributed by atoms with van der Waals surface area (Å²) in [6, 6.07) is 6.53. The first-order valence-electron chi connectivity index (χ1n) is 6.44. The molecule has 0 aliphatic rings. The van der Waals surface area contributed by atoms with Gasteiger partial charge in [0.1, 0.15) is 10.1 Å². The fourth-order valence-corrected chi connectivity index (χ4v) is 3.70. The highest BCUT2D eigenvalue weighted by atomic mass is 32.2. The number of hydrogen-bond acceptors (Lipinski definition) is 4. The van der Waals surface area contributed by atoms with Crippen molar-refractivity contribution in [2.45, 2.75) is 37.0 Å². The molecule has 112 valence electrons. The Hall–Kier alpha value is -1.18. The van der Waals surface area contributed by atoms with Crippen LogP contribution in [0.25, 0.3) is 0 Å². The van der Waals surface area contributed by atoms with Gasteiger partial charge in [0, 0.05) is 14.6 Å². The van der Waals surface area contributed by atoms with E-state index in [1.807, 2.05) is 0 Å². The first-order chi connectivity index (χ1) is 9.11. The van der Waals surface area contributed by atoms with E-state index < -0.39 is 29.0 Å². The second-order valence-corrected chi connectivity index (χ2v) is 12.8. The lowest BCUT2D eigenvalue weighted by molar-refractivity contribution is 0.0950. The molecular formula is C13H20NO4SSi-. The van der Waals surface area contributed by atoms with Crippen molar-refractivity contribution >= 4 is 24.1 Å². The van der Waals surface area contributed by atoms with E-state index in [0.717, 1.165) is 18.5 Å². The molecule has 0 bridgehead atoms. The Bertz CT molecular complexity index is 578. The molecule has 0 aliphatic heterocycles. The first-order valence-corrected chi connectivity index (χ1v) is 11.6. The summed E-state index contributed by atoms with van der Waals surface area (Å²) in [5.74, 6) is -0.518. The van der Waals surface area contributed by atoms with Gasteiger partial charge in [-0.1, -0.05) is 37.8 Å². The number of hydrogen-bond donors (Lipinski definition) is 1. The molecule has 0 radical (unpaired) electrons. The van der Waals surface area contributed by atoms with Crippen LogP contribution in [-0.4, -0.2) is 33.5 Å². The maximum Gasteiger partial charge on any atom is 0.252 e. The van der Waals surface area contributed by atoms with E-state index in [9.17, 15) is 17.8 Å². The average molecular weight is 314 g/mol. The summed E-state index contributed by atoms with van der Waals surface area (Å²) in [5, 5.41) is 2.66. The van der Waals surface area contributed by atoms with Crippen molar-refractivity contribution in [1.82, 2.24) is 5.32 Å². The van der Waals surface area contributed by atoms with Gasteiger partial charge >= 0.3 is 0 Å². The smallest absolute Gasteiger partial charge is 0.252 e. The van der Waals surface area contributed by atoms with E-state index >= 15 is 0 Å². The van der Waals surface area contributed by atoms with Crippen molar-refractivity contribution < 1.29 is 17.8 Å². The van der Waals surface area contributed by atoms with Crippen LogP contribution in [-0.2, 0) is 10.1 Å². The molecule has 0 spiro atoms. The molecule has 20 heavy (non-hydrogen) atoms. The number of benzene rings is 1. The molecule has 1 N–H and O–H groups in total. The summed E-state index contributed by atoms with van der Waals surface area (Å²) in [7, 11) is -5.78. The maximum absolute atomic E-state index is 11.9. The van der Waals surface area contributed by atoms with Gasteiger partial charge in [-0.2, -0.15) is 0 Å². The van der Waals surface area contributed by atoms with E-state index in [1.54, 1.807) is 0 Å². The fourth-order valence-electron chi connectivity index (χ4n) is 1.79. The van der Waals surface area contributed by atoms with Gasteiger partial charge in [-0.25, -0.2) is 8.42 Å². The Kier molecular flexibility index (Phi) is 5.49. The Morgan fingerprint density at radius 3 is 2.40 bits per heavy atom. The zero-order valence-electron chi connectivity index (χ0n) is 12.0. The van der Waals surface area contributed by atoms with Crippen LogP contribution in [0.4, 0.5) is 0 Å². The standard InChI is InChI=1S/C13H21NO4SSi/c1-20(2,3)10-6-9-14-13(15)11-7-4-5-8-12(11)19(16,17)18/h4-5,7-8H,6,9-10H2,1-3H3,(H,14,15)(H,16,17,18)/p-1. The van der Waals surface area contributed by atoms with Crippen LogP contribution < -0.4 is 5.32 Å². The zero-order valence-corrected chi connectivity index (χ0v) is 13.8. The van der Waals surface area contributed by atoms with Crippen molar-refractivity contribution in [3.63, 3.8) is 0 Å².